The van der Waals surface area contributed by atoms with Gasteiger partial charge in [-0.2, -0.15) is 15.0 Å². The van der Waals surface area contributed by atoms with Crippen molar-refractivity contribution in [3.05, 3.63) is 5.28 Å². The zero-order valence-corrected chi connectivity index (χ0v) is 12.8. The summed E-state index contributed by atoms with van der Waals surface area (Å²) >= 11 is 6.07. The van der Waals surface area contributed by atoms with Crippen LogP contribution in [0.3, 0.4) is 0 Å². The molecule has 2 heterocycles. The van der Waals surface area contributed by atoms with Gasteiger partial charge in [0.05, 0.1) is 0 Å². The third-order valence-electron chi connectivity index (χ3n) is 4.36. The zero-order valence-electron chi connectivity index (χ0n) is 12.0. The van der Waals surface area contributed by atoms with Crippen molar-refractivity contribution in [2.45, 2.75) is 57.4 Å². The predicted molar refractivity (Wildman–Crippen MR) is 81.4 cm³/mol. The van der Waals surface area contributed by atoms with Crippen molar-refractivity contribution in [3.63, 3.8) is 0 Å². The smallest absolute Gasteiger partial charge is 0.231 e. The van der Waals surface area contributed by atoms with Gasteiger partial charge < -0.3 is 10.2 Å². The quantitative estimate of drug-likeness (QED) is 0.927. The van der Waals surface area contributed by atoms with Gasteiger partial charge in [0.1, 0.15) is 0 Å². The number of anilines is 2. The Morgan fingerprint density at radius 1 is 1.00 bits per heavy atom. The average molecular weight is 296 g/mol. The Morgan fingerprint density at radius 2 is 1.70 bits per heavy atom. The molecule has 6 heteroatoms. The Kier molecular flexibility index (Phi) is 3.96. The van der Waals surface area contributed by atoms with Crippen LogP contribution in [0.25, 0.3) is 0 Å². The third-order valence-corrected chi connectivity index (χ3v) is 4.52. The van der Waals surface area contributed by atoms with Crippen LogP contribution < -0.4 is 10.2 Å². The predicted octanol–water partition coefficient (Wildman–Crippen LogP) is 3.26. The molecule has 1 N–H and O–H groups in total. The first-order valence-electron chi connectivity index (χ1n) is 7.59. The lowest BCUT2D eigenvalue weighted by molar-refractivity contribution is 0.526. The van der Waals surface area contributed by atoms with Crippen LogP contribution in [0.4, 0.5) is 11.9 Å². The van der Waals surface area contributed by atoms with Crippen LogP contribution >= 0.6 is 11.6 Å². The van der Waals surface area contributed by atoms with Crippen LogP contribution in [-0.4, -0.2) is 33.6 Å². The van der Waals surface area contributed by atoms with Crippen molar-refractivity contribution in [1.29, 1.82) is 0 Å². The molecule has 1 aliphatic carbocycles. The summed E-state index contributed by atoms with van der Waals surface area (Å²) in [5, 5.41) is 3.75. The largest absolute Gasteiger partial charge is 0.349 e. The van der Waals surface area contributed by atoms with E-state index in [1.54, 1.807) is 0 Å². The zero-order chi connectivity index (χ0) is 14.0. The molecule has 0 spiro atoms. The van der Waals surface area contributed by atoms with Crippen molar-refractivity contribution in [2.75, 3.05) is 23.3 Å². The monoisotopic (exact) mass is 295 g/mol. The minimum absolute atomic E-state index is 0.101. The van der Waals surface area contributed by atoms with Crippen LogP contribution in [0.2, 0.25) is 5.28 Å². The van der Waals surface area contributed by atoms with E-state index in [2.05, 4.69) is 32.1 Å². The highest BCUT2D eigenvalue weighted by molar-refractivity contribution is 6.28. The molecule has 0 radical (unpaired) electrons. The molecule has 3 rings (SSSR count). The molecule has 0 bridgehead atoms. The lowest BCUT2D eigenvalue weighted by Crippen LogP contribution is -2.34. The summed E-state index contributed by atoms with van der Waals surface area (Å²) in [5.74, 6) is 1.34. The number of piperidine rings is 1. The summed E-state index contributed by atoms with van der Waals surface area (Å²) in [7, 11) is 0. The summed E-state index contributed by atoms with van der Waals surface area (Å²) in [5.41, 5.74) is 0.101. The first-order chi connectivity index (χ1) is 9.65. The van der Waals surface area contributed by atoms with E-state index < -0.39 is 0 Å². The molecule has 1 aromatic heterocycles. The van der Waals surface area contributed by atoms with Gasteiger partial charge in [-0.15, -0.1) is 0 Å². The molecule has 1 aromatic rings. The first kappa shape index (κ1) is 13.9. The maximum Gasteiger partial charge on any atom is 0.231 e. The van der Waals surface area contributed by atoms with Crippen LogP contribution in [0, 0.1) is 0 Å². The molecule has 1 saturated carbocycles. The molecule has 1 saturated heterocycles. The second kappa shape index (κ2) is 5.72. The molecular formula is C14H22ClN5. The standard InChI is InChI=1S/C14H22ClN5/c1-14(7-3-4-8-14)19-12-16-11(15)17-13(18-12)20-9-5-2-6-10-20/h2-10H2,1H3,(H,16,17,18,19). The van der Waals surface area contributed by atoms with Gasteiger partial charge in [-0.05, 0) is 50.6 Å². The van der Waals surface area contributed by atoms with Crippen LogP contribution in [0.1, 0.15) is 51.9 Å². The Bertz CT molecular complexity index is 467. The molecule has 0 atom stereocenters. The number of halogens is 1. The molecule has 5 nitrogen and oxygen atoms in total. The van der Waals surface area contributed by atoms with E-state index in [0.29, 0.717) is 11.9 Å². The topological polar surface area (TPSA) is 53.9 Å². The maximum absolute atomic E-state index is 6.07. The molecule has 0 unspecified atom stereocenters. The van der Waals surface area contributed by atoms with Crippen LogP contribution in [0.15, 0.2) is 0 Å². The van der Waals surface area contributed by atoms with E-state index in [4.69, 9.17) is 11.6 Å². The van der Waals surface area contributed by atoms with Crippen molar-refractivity contribution in [2.24, 2.45) is 0 Å². The maximum atomic E-state index is 6.07. The third kappa shape index (κ3) is 3.14. The highest BCUT2D eigenvalue weighted by Gasteiger charge is 2.29. The number of hydrogen-bond acceptors (Lipinski definition) is 5. The van der Waals surface area contributed by atoms with Gasteiger partial charge in [-0.25, -0.2) is 0 Å². The lowest BCUT2D eigenvalue weighted by atomic mass is 10.0. The minimum Gasteiger partial charge on any atom is -0.349 e. The Hall–Kier alpha value is -1.10. The Morgan fingerprint density at radius 3 is 2.40 bits per heavy atom. The van der Waals surface area contributed by atoms with Gasteiger partial charge in [-0.1, -0.05) is 12.8 Å². The van der Waals surface area contributed by atoms with Gasteiger partial charge in [-0.3, -0.25) is 0 Å². The molecule has 2 fully saturated rings. The van der Waals surface area contributed by atoms with E-state index in [1.165, 1.54) is 32.1 Å². The number of rotatable bonds is 3. The first-order valence-corrected chi connectivity index (χ1v) is 7.97. The lowest BCUT2D eigenvalue weighted by Gasteiger charge is -2.28. The van der Waals surface area contributed by atoms with Gasteiger partial charge in [0.25, 0.3) is 0 Å². The van der Waals surface area contributed by atoms with Crippen molar-refractivity contribution >= 4 is 23.5 Å². The molecular weight excluding hydrogens is 274 g/mol. The summed E-state index contributed by atoms with van der Waals surface area (Å²) in [4.78, 5) is 15.3. The summed E-state index contributed by atoms with van der Waals surface area (Å²) in [6, 6.07) is 0. The normalized spacial score (nSPS) is 22.0. The van der Waals surface area contributed by atoms with Gasteiger partial charge in [0.2, 0.25) is 17.2 Å². The van der Waals surface area contributed by atoms with E-state index in [0.717, 1.165) is 25.9 Å². The van der Waals surface area contributed by atoms with E-state index in [1.807, 2.05) is 0 Å². The Balaban J connectivity index is 1.78. The minimum atomic E-state index is 0.101. The highest BCUT2D eigenvalue weighted by atomic mass is 35.5. The van der Waals surface area contributed by atoms with Crippen molar-refractivity contribution in [1.82, 2.24) is 15.0 Å². The molecule has 110 valence electrons. The van der Waals surface area contributed by atoms with Gasteiger partial charge in [0.15, 0.2) is 0 Å². The fraction of sp³-hybridized carbons (Fsp3) is 0.786. The summed E-state index contributed by atoms with van der Waals surface area (Å²) in [6.07, 6.45) is 8.54. The van der Waals surface area contributed by atoms with Crippen LogP contribution in [0.5, 0.6) is 0 Å². The SMILES string of the molecule is CC1(Nc2nc(Cl)nc(N3CCCCC3)n2)CCCC1. The molecule has 20 heavy (non-hydrogen) atoms. The molecule has 0 aromatic carbocycles. The second-order valence-corrected chi connectivity index (χ2v) is 6.51. The van der Waals surface area contributed by atoms with Crippen molar-refractivity contribution in [3.8, 4) is 0 Å². The molecule has 1 aliphatic heterocycles. The van der Waals surface area contributed by atoms with E-state index in [9.17, 15) is 0 Å². The average Bonchev–Trinajstić information content (AvgIpc) is 2.85. The second-order valence-electron chi connectivity index (χ2n) is 6.17. The van der Waals surface area contributed by atoms with Gasteiger partial charge >= 0.3 is 0 Å². The fourth-order valence-electron chi connectivity index (χ4n) is 3.18. The van der Waals surface area contributed by atoms with Crippen molar-refractivity contribution < 1.29 is 0 Å². The Labute approximate surface area is 125 Å². The number of aromatic nitrogens is 3. The number of nitrogens with one attached hydrogen (secondary N) is 1. The fourth-order valence-corrected chi connectivity index (χ4v) is 3.34. The van der Waals surface area contributed by atoms with E-state index >= 15 is 0 Å². The summed E-state index contributed by atoms with van der Waals surface area (Å²) < 4.78 is 0. The summed E-state index contributed by atoms with van der Waals surface area (Å²) in [6.45, 7) is 4.26. The van der Waals surface area contributed by atoms with Gasteiger partial charge in [0, 0.05) is 18.6 Å². The number of nitrogens with zero attached hydrogens (tertiary/aromatic N) is 4. The molecule has 2 aliphatic rings. The molecule has 0 amide bonds. The number of hydrogen-bond donors (Lipinski definition) is 1. The van der Waals surface area contributed by atoms with Crippen LogP contribution in [-0.2, 0) is 0 Å². The van der Waals surface area contributed by atoms with E-state index in [-0.39, 0.29) is 10.8 Å². The highest BCUT2D eigenvalue weighted by Crippen LogP contribution is 2.32.